The molecule has 1 rings (SSSR count). The van der Waals surface area contributed by atoms with Gasteiger partial charge in [0.15, 0.2) is 0 Å². The lowest BCUT2D eigenvalue weighted by atomic mass is 10.1. The molecule has 0 radical (unpaired) electrons. The lowest BCUT2D eigenvalue weighted by Gasteiger charge is -2.05. The van der Waals surface area contributed by atoms with Gasteiger partial charge in [-0.05, 0) is 38.1 Å². The molecule has 0 fully saturated rings. The van der Waals surface area contributed by atoms with Crippen LogP contribution in [0.3, 0.4) is 0 Å². The molecule has 0 heterocycles. The highest BCUT2D eigenvalue weighted by atomic mass is 16.5. The second kappa shape index (κ2) is 7.91. The summed E-state index contributed by atoms with van der Waals surface area (Å²) in [5, 5.41) is 3.14. The summed E-state index contributed by atoms with van der Waals surface area (Å²) in [5.74, 6) is 0.960. The van der Waals surface area contributed by atoms with E-state index >= 15 is 0 Å². The number of ether oxygens (including phenoxy) is 1. The summed E-state index contributed by atoms with van der Waals surface area (Å²) >= 11 is 0. The van der Waals surface area contributed by atoms with E-state index in [1.165, 1.54) is 17.6 Å². The predicted molar refractivity (Wildman–Crippen MR) is 74.4 cm³/mol. The van der Waals surface area contributed by atoms with Crippen molar-refractivity contribution >= 4 is 6.08 Å². The summed E-state index contributed by atoms with van der Waals surface area (Å²) < 4.78 is 5.62. The summed E-state index contributed by atoms with van der Waals surface area (Å²) in [6.45, 7) is 6.03. The molecule has 2 heteroatoms. The van der Waals surface area contributed by atoms with Crippen molar-refractivity contribution in [2.75, 3.05) is 20.2 Å². The molecule has 17 heavy (non-hydrogen) atoms. The maximum absolute atomic E-state index is 5.62. The average molecular weight is 233 g/mol. The van der Waals surface area contributed by atoms with Crippen LogP contribution >= 0.6 is 0 Å². The molecule has 0 aliphatic carbocycles. The normalized spacial score (nSPS) is 11.6. The first kappa shape index (κ1) is 13.8. The first-order valence-corrected chi connectivity index (χ1v) is 6.31. The highest BCUT2D eigenvalue weighted by molar-refractivity contribution is 5.53. The van der Waals surface area contributed by atoms with Crippen LogP contribution in [-0.4, -0.2) is 20.2 Å². The van der Waals surface area contributed by atoms with E-state index in [2.05, 4.69) is 37.4 Å². The zero-order valence-corrected chi connectivity index (χ0v) is 11.1. The van der Waals surface area contributed by atoms with Crippen molar-refractivity contribution in [2.45, 2.75) is 26.7 Å². The summed E-state index contributed by atoms with van der Waals surface area (Å²) in [6, 6.07) is 8.27. The first-order valence-electron chi connectivity index (χ1n) is 6.31. The third-order valence-electron chi connectivity index (χ3n) is 2.52. The van der Waals surface area contributed by atoms with E-state index in [9.17, 15) is 0 Å². The van der Waals surface area contributed by atoms with Gasteiger partial charge in [-0.25, -0.2) is 0 Å². The van der Waals surface area contributed by atoms with Gasteiger partial charge in [0.05, 0.1) is 6.61 Å². The number of hydrogen-bond donors (Lipinski definition) is 1. The van der Waals surface area contributed by atoms with Gasteiger partial charge in [0.1, 0.15) is 5.75 Å². The van der Waals surface area contributed by atoms with Crippen LogP contribution < -0.4 is 10.1 Å². The molecule has 0 unspecified atom stereocenters. The molecule has 94 valence electrons. The number of likely N-dealkylation sites (N-methyl/N-ethyl adjacent to an activating group) is 1. The van der Waals surface area contributed by atoms with Gasteiger partial charge in [0.25, 0.3) is 0 Å². The molecule has 0 atom stereocenters. The van der Waals surface area contributed by atoms with Crippen LogP contribution in [-0.2, 0) is 0 Å². The quantitative estimate of drug-likeness (QED) is 0.728. The van der Waals surface area contributed by atoms with Gasteiger partial charge in [0, 0.05) is 6.54 Å². The summed E-state index contributed by atoms with van der Waals surface area (Å²) in [5.41, 5.74) is 2.55. The number of benzene rings is 1. The molecule has 0 aromatic heterocycles. The van der Waals surface area contributed by atoms with Crippen molar-refractivity contribution in [3.63, 3.8) is 0 Å². The lowest BCUT2D eigenvalue weighted by Crippen LogP contribution is -2.08. The minimum absolute atomic E-state index is 0.810. The van der Waals surface area contributed by atoms with E-state index in [1.807, 2.05) is 19.2 Å². The Kier molecular flexibility index (Phi) is 6.41. The third-order valence-corrected chi connectivity index (χ3v) is 2.52. The van der Waals surface area contributed by atoms with Crippen LogP contribution in [0.15, 0.2) is 29.8 Å². The maximum atomic E-state index is 5.62. The molecule has 1 N–H and O–H groups in total. The predicted octanol–water partition coefficient (Wildman–Crippen LogP) is 3.49. The summed E-state index contributed by atoms with van der Waals surface area (Å²) in [4.78, 5) is 0. The van der Waals surface area contributed by atoms with E-state index in [4.69, 9.17) is 4.74 Å². The van der Waals surface area contributed by atoms with E-state index in [0.717, 1.165) is 25.3 Å². The van der Waals surface area contributed by atoms with Crippen LogP contribution in [0.25, 0.3) is 6.08 Å². The molecule has 0 aliphatic heterocycles. The standard InChI is InChI=1S/C15H23NO/c1-4-5-10-17-15-8-6-14(7-9-15)11-13(2)12-16-3/h6-9,11,16H,4-5,10,12H2,1-3H3. The zero-order valence-electron chi connectivity index (χ0n) is 11.1. The Morgan fingerprint density at radius 3 is 2.59 bits per heavy atom. The third kappa shape index (κ3) is 5.55. The van der Waals surface area contributed by atoms with Crippen molar-refractivity contribution in [2.24, 2.45) is 0 Å². The second-order valence-corrected chi connectivity index (χ2v) is 4.29. The molecule has 0 saturated heterocycles. The minimum Gasteiger partial charge on any atom is -0.494 e. The van der Waals surface area contributed by atoms with Gasteiger partial charge in [-0.15, -0.1) is 0 Å². The van der Waals surface area contributed by atoms with Crippen molar-refractivity contribution in [3.8, 4) is 5.75 Å². The Bertz CT molecular complexity index is 340. The van der Waals surface area contributed by atoms with Crippen LogP contribution in [0.5, 0.6) is 5.75 Å². The van der Waals surface area contributed by atoms with Crippen LogP contribution in [0.1, 0.15) is 32.3 Å². The first-order chi connectivity index (χ1) is 8.26. The van der Waals surface area contributed by atoms with E-state index in [1.54, 1.807) is 0 Å². The SMILES string of the molecule is CCCCOc1ccc(C=C(C)CNC)cc1. The molecule has 0 saturated carbocycles. The van der Waals surface area contributed by atoms with Crippen LogP contribution in [0.4, 0.5) is 0 Å². The summed E-state index contributed by atoms with van der Waals surface area (Å²) in [6.07, 6.45) is 4.47. The number of nitrogens with one attached hydrogen (secondary N) is 1. The number of hydrogen-bond acceptors (Lipinski definition) is 2. The van der Waals surface area contributed by atoms with Gasteiger partial charge >= 0.3 is 0 Å². The molecular weight excluding hydrogens is 210 g/mol. The molecule has 0 aliphatic rings. The molecule has 0 spiro atoms. The minimum atomic E-state index is 0.810. The zero-order chi connectivity index (χ0) is 12.5. The molecule has 1 aromatic carbocycles. The lowest BCUT2D eigenvalue weighted by molar-refractivity contribution is 0.309. The largest absolute Gasteiger partial charge is 0.494 e. The van der Waals surface area contributed by atoms with Gasteiger partial charge < -0.3 is 10.1 Å². The Balaban J connectivity index is 2.52. The topological polar surface area (TPSA) is 21.3 Å². The van der Waals surface area contributed by atoms with Gasteiger partial charge in [0.2, 0.25) is 0 Å². The fourth-order valence-electron chi connectivity index (χ4n) is 1.61. The Morgan fingerprint density at radius 2 is 2.00 bits per heavy atom. The number of rotatable bonds is 7. The van der Waals surface area contributed by atoms with Crippen molar-refractivity contribution in [3.05, 3.63) is 35.4 Å². The Labute approximate surface area is 105 Å². The monoisotopic (exact) mass is 233 g/mol. The van der Waals surface area contributed by atoms with E-state index < -0.39 is 0 Å². The van der Waals surface area contributed by atoms with Gasteiger partial charge in [-0.1, -0.05) is 37.1 Å². The highest BCUT2D eigenvalue weighted by Crippen LogP contribution is 2.14. The van der Waals surface area contributed by atoms with Crippen molar-refractivity contribution in [1.29, 1.82) is 0 Å². The second-order valence-electron chi connectivity index (χ2n) is 4.29. The molecule has 2 nitrogen and oxygen atoms in total. The summed E-state index contributed by atoms with van der Waals surface area (Å²) in [7, 11) is 1.96. The number of unbranched alkanes of at least 4 members (excludes halogenated alkanes) is 1. The van der Waals surface area contributed by atoms with E-state index in [-0.39, 0.29) is 0 Å². The fourth-order valence-corrected chi connectivity index (χ4v) is 1.61. The molecule has 1 aromatic rings. The smallest absolute Gasteiger partial charge is 0.119 e. The average Bonchev–Trinajstić information content (AvgIpc) is 2.32. The van der Waals surface area contributed by atoms with Crippen LogP contribution in [0, 0.1) is 0 Å². The van der Waals surface area contributed by atoms with Gasteiger partial charge in [-0.2, -0.15) is 0 Å². The molecular formula is C15H23NO. The highest BCUT2D eigenvalue weighted by Gasteiger charge is 1.94. The van der Waals surface area contributed by atoms with Crippen molar-refractivity contribution in [1.82, 2.24) is 5.32 Å². The Morgan fingerprint density at radius 1 is 1.29 bits per heavy atom. The van der Waals surface area contributed by atoms with Gasteiger partial charge in [-0.3, -0.25) is 0 Å². The Hall–Kier alpha value is -1.28. The van der Waals surface area contributed by atoms with E-state index in [0.29, 0.717) is 0 Å². The van der Waals surface area contributed by atoms with Crippen LogP contribution in [0.2, 0.25) is 0 Å². The molecule has 0 amide bonds. The maximum Gasteiger partial charge on any atom is 0.119 e. The fraction of sp³-hybridized carbons (Fsp3) is 0.467. The van der Waals surface area contributed by atoms with Crippen molar-refractivity contribution < 1.29 is 4.74 Å². The molecule has 0 bridgehead atoms.